The maximum absolute atomic E-state index is 12.4. The second kappa shape index (κ2) is 6.15. The van der Waals surface area contributed by atoms with Crippen LogP contribution >= 0.6 is 0 Å². The standard InChI is InChI=1S/C14H17F3N4/c1-3-21-9-12(10(2)20-21)18-7-6-11-4-5-13(19-8-11)14(15,16)17/h4-5,8-9,18H,3,6-7H2,1-2H3. The summed E-state index contributed by atoms with van der Waals surface area (Å²) in [7, 11) is 0. The Morgan fingerprint density at radius 2 is 2.05 bits per heavy atom. The number of nitrogens with one attached hydrogen (secondary N) is 1. The highest BCUT2D eigenvalue weighted by Crippen LogP contribution is 2.27. The van der Waals surface area contributed by atoms with Gasteiger partial charge in [-0.3, -0.25) is 9.67 Å². The summed E-state index contributed by atoms with van der Waals surface area (Å²) in [5.74, 6) is 0. The van der Waals surface area contributed by atoms with Crippen LogP contribution in [-0.2, 0) is 19.1 Å². The van der Waals surface area contributed by atoms with Crippen molar-refractivity contribution >= 4 is 5.69 Å². The van der Waals surface area contributed by atoms with Crippen LogP contribution in [0, 0.1) is 6.92 Å². The van der Waals surface area contributed by atoms with E-state index in [1.54, 1.807) is 0 Å². The van der Waals surface area contributed by atoms with Gasteiger partial charge in [-0.25, -0.2) is 0 Å². The Balaban J connectivity index is 1.90. The largest absolute Gasteiger partial charge is 0.433 e. The predicted octanol–water partition coefficient (Wildman–Crippen LogP) is 3.28. The molecule has 0 amide bonds. The van der Waals surface area contributed by atoms with Crippen molar-refractivity contribution in [3.8, 4) is 0 Å². The molecule has 0 unspecified atom stereocenters. The Bertz CT molecular complexity index is 587. The molecule has 114 valence electrons. The van der Waals surface area contributed by atoms with Gasteiger partial charge in [-0.1, -0.05) is 6.07 Å². The number of aryl methyl sites for hydroxylation is 2. The molecule has 4 nitrogen and oxygen atoms in total. The van der Waals surface area contributed by atoms with E-state index in [0.717, 1.165) is 29.6 Å². The van der Waals surface area contributed by atoms with E-state index in [4.69, 9.17) is 0 Å². The number of pyridine rings is 1. The maximum atomic E-state index is 12.4. The van der Waals surface area contributed by atoms with E-state index in [1.807, 2.05) is 24.7 Å². The zero-order valence-corrected chi connectivity index (χ0v) is 11.9. The molecule has 2 aromatic heterocycles. The molecule has 21 heavy (non-hydrogen) atoms. The number of aromatic nitrogens is 3. The van der Waals surface area contributed by atoms with Crippen LogP contribution in [0.4, 0.5) is 18.9 Å². The molecule has 0 radical (unpaired) electrons. The zero-order valence-electron chi connectivity index (χ0n) is 11.9. The van der Waals surface area contributed by atoms with Crippen LogP contribution in [0.15, 0.2) is 24.5 Å². The number of halogens is 3. The first-order chi connectivity index (χ1) is 9.90. The topological polar surface area (TPSA) is 42.7 Å². The number of nitrogens with zero attached hydrogens (tertiary/aromatic N) is 3. The van der Waals surface area contributed by atoms with Crippen LogP contribution in [0.25, 0.3) is 0 Å². The maximum Gasteiger partial charge on any atom is 0.433 e. The third-order valence-electron chi connectivity index (χ3n) is 3.11. The lowest BCUT2D eigenvalue weighted by Crippen LogP contribution is -2.09. The highest BCUT2D eigenvalue weighted by molar-refractivity contribution is 5.45. The van der Waals surface area contributed by atoms with Crippen LogP contribution in [-0.4, -0.2) is 21.3 Å². The minimum absolute atomic E-state index is 0.599. The lowest BCUT2D eigenvalue weighted by atomic mass is 10.2. The second-order valence-corrected chi connectivity index (χ2v) is 4.71. The Morgan fingerprint density at radius 3 is 2.57 bits per heavy atom. The number of alkyl halides is 3. The molecule has 2 heterocycles. The van der Waals surface area contributed by atoms with Crippen molar-refractivity contribution in [2.75, 3.05) is 11.9 Å². The average molecular weight is 298 g/mol. The number of hydrogen-bond donors (Lipinski definition) is 1. The van der Waals surface area contributed by atoms with Crippen molar-refractivity contribution in [2.24, 2.45) is 0 Å². The first-order valence-corrected chi connectivity index (χ1v) is 6.70. The van der Waals surface area contributed by atoms with Gasteiger partial charge in [0.2, 0.25) is 0 Å². The van der Waals surface area contributed by atoms with Crippen LogP contribution in [0.1, 0.15) is 23.9 Å². The Kier molecular flexibility index (Phi) is 4.50. The first-order valence-electron chi connectivity index (χ1n) is 6.70. The van der Waals surface area contributed by atoms with E-state index in [1.165, 1.54) is 12.3 Å². The predicted molar refractivity (Wildman–Crippen MR) is 74.1 cm³/mol. The van der Waals surface area contributed by atoms with Crippen LogP contribution in [0.5, 0.6) is 0 Å². The summed E-state index contributed by atoms with van der Waals surface area (Å²) in [6.07, 6.45) is -0.600. The zero-order chi connectivity index (χ0) is 15.5. The molecule has 7 heteroatoms. The molecule has 1 N–H and O–H groups in total. The second-order valence-electron chi connectivity index (χ2n) is 4.71. The van der Waals surface area contributed by atoms with Crippen LogP contribution < -0.4 is 5.32 Å². The number of anilines is 1. The quantitative estimate of drug-likeness (QED) is 0.921. The fourth-order valence-corrected chi connectivity index (χ4v) is 1.93. The van der Waals surface area contributed by atoms with Gasteiger partial charge in [0, 0.05) is 25.5 Å². The summed E-state index contributed by atoms with van der Waals surface area (Å²) in [6.45, 7) is 5.33. The summed E-state index contributed by atoms with van der Waals surface area (Å²) in [4.78, 5) is 3.44. The molecular weight excluding hydrogens is 281 g/mol. The lowest BCUT2D eigenvalue weighted by molar-refractivity contribution is -0.141. The molecule has 0 aliphatic rings. The summed E-state index contributed by atoms with van der Waals surface area (Å²) in [6, 6.07) is 2.47. The van der Waals surface area contributed by atoms with Crippen molar-refractivity contribution < 1.29 is 13.2 Å². The molecule has 0 aromatic carbocycles. The normalized spacial score (nSPS) is 11.7. The van der Waals surface area contributed by atoms with Crippen molar-refractivity contribution in [1.29, 1.82) is 0 Å². The van der Waals surface area contributed by atoms with Gasteiger partial charge in [0.1, 0.15) is 5.69 Å². The minimum atomic E-state index is -4.39. The Morgan fingerprint density at radius 1 is 1.29 bits per heavy atom. The van der Waals surface area contributed by atoms with Gasteiger partial charge in [0.25, 0.3) is 0 Å². The van der Waals surface area contributed by atoms with E-state index in [0.29, 0.717) is 13.0 Å². The van der Waals surface area contributed by atoms with Gasteiger partial charge >= 0.3 is 6.18 Å². The fourth-order valence-electron chi connectivity index (χ4n) is 1.93. The Labute approximate surface area is 121 Å². The van der Waals surface area contributed by atoms with Gasteiger partial charge in [0.05, 0.1) is 11.4 Å². The number of rotatable bonds is 5. The molecule has 0 aliphatic heterocycles. The third-order valence-corrected chi connectivity index (χ3v) is 3.11. The van der Waals surface area contributed by atoms with Crippen LogP contribution in [0.2, 0.25) is 0 Å². The van der Waals surface area contributed by atoms with Gasteiger partial charge in [0.15, 0.2) is 0 Å². The molecule has 2 rings (SSSR count). The molecule has 0 saturated carbocycles. The molecule has 0 fully saturated rings. The molecule has 0 bridgehead atoms. The SMILES string of the molecule is CCn1cc(NCCc2ccc(C(F)(F)F)nc2)c(C)n1. The van der Waals surface area contributed by atoms with Crippen molar-refractivity contribution in [3.63, 3.8) is 0 Å². The van der Waals surface area contributed by atoms with Gasteiger partial charge in [-0.05, 0) is 31.9 Å². The molecule has 0 aliphatic carbocycles. The van der Waals surface area contributed by atoms with Crippen molar-refractivity contribution in [1.82, 2.24) is 14.8 Å². The van der Waals surface area contributed by atoms with Crippen LogP contribution in [0.3, 0.4) is 0 Å². The highest BCUT2D eigenvalue weighted by atomic mass is 19.4. The van der Waals surface area contributed by atoms with Crippen molar-refractivity contribution in [3.05, 3.63) is 41.5 Å². The molecular formula is C14H17F3N4. The Hall–Kier alpha value is -2.05. The smallest absolute Gasteiger partial charge is 0.382 e. The summed E-state index contributed by atoms with van der Waals surface area (Å²) in [5, 5.41) is 7.54. The van der Waals surface area contributed by atoms with E-state index < -0.39 is 11.9 Å². The average Bonchev–Trinajstić information content (AvgIpc) is 2.79. The monoisotopic (exact) mass is 298 g/mol. The minimum Gasteiger partial charge on any atom is -0.382 e. The van der Waals surface area contributed by atoms with Crippen molar-refractivity contribution in [2.45, 2.75) is 33.0 Å². The third kappa shape index (κ3) is 3.96. The summed E-state index contributed by atoms with van der Waals surface area (Å²) >= 11 is 0. The lowest BCUT2D eigenvalue weighted by Gasteiger charge is -2.07. The summed E-state index contributed by atoms with van der Waals surface area (Å²) < 4.78 is 39.0. The molecule has 2 aromatic rings. The molecule has 0 saturated heterocycles. The van der Waals surface area contributed by atoms with Gasteiger partial charge < -0.3 is 5.32 Å². The molecule has 0 atom stereocenters. The van der Waals surface area contributed by atoms with E-state index in [2.05, 4.69) is 15.4 Å². The number of hydrogen-bond acceptors (Lipinski definition) is 3. The first kappa shape index (κ1) is 15.3. The fraction of sp³-hybridized carbons (Fsp3) is 0.429. The van der Waals surface area contributed by atoms with E-state index in [-0.39, 0.29) is 0 Å². The molecule has 0 spiro atoms. The highest BCUT2D eigenvalue weighted by Gasteiger charge is 2.31. The van der Waals surface area contributed by atoms with Gasteiger partial charge in [-0.15, -0.1) is 0 Å². The van der Waals surface area contributed by atoms with E-state index >= 15 is 0 Å². The van der Waals surface area contributed by atoms with E-state index in [9.17, 15) is 13.2 Å². The van der Waals surface area contributed by atoms with Gasteiger partial charge in [-0.2, -0.15) is 18.3 Å². The summed E-state index contributed by atoms with van der Waals surface area (Å²) in [5.41, 5.74) is 1.74.